The Morgan fingerprint density at radius 3 is 2.61 bits per heavy atom. The van der Waals surface area contributed by atoms with Crippen molar-refractivity contribution in [3.05, 3.63) is 70.8 Å². The Hall–Kier alpha value is -3.73. The number of carbonyl (C=O) groups excluding carboxylic acids is 3. The molecule has 1 fully saturated rings. The van der Waals surface area contributed by atoms with Gasteiger partial charge in [0.25, 0.3) is 0 Å². The standard InChI is InChI=1S/C36H46N2O8/c1-21(2)25-11-10-22(3)14-29(25)45-20-31(41)38(18-23-8-6-5-7-9-23)28-17-27(36(43)37-12-13-39)32-26-15-24(19-40)16-30(44-4)34(26)46-35(32)33(28)42/h5-9,15-17,19,21-22,25,28-29,32-33,35,39,42H,10-14,18,20H2,1-4H3,(H,37,43)/t22-,25+,28+,29-,32-,33-,35-/m0/s1. The van der Waals surface area contributed by atoms with Crippen LogP contribution < -0.4 is 14.8 Å². The van der Waals surface area contributed by atoms with E-state index in [2.05, 4.69) is 26.1 Å². The molecule has 0 radical (unpaired) electrons. The molecule has 10 heteroatoms. The van der Waals surface area contributed by atoms with E-state index >= 15 is 0 Å². The molecule has 46 heavy (non-hydrogen) atoms. The predicted octanol–water partition coefficient (Wildman–Crippen LogP) is 3.64. The van der Waals surface area contributed by atoms with Crippen LogP contribution in [0, 0.1) is 17.8 Å². The lowest BCUT2D eigenvalue weighted by molar-refractivity contribution is -0.148. The molecule has 7 atom stereocenters. The molecule has 0 unspecified atom stereocenters. The SMILES string of the molecule is COc1cc(C=O)cc2c1O[C@@H]1[C@@H](O)[C@H](N(Cc3ccccc3)C(=O)CO[C@H]3C[C@@H](C)CC[C@@H]3C(C)C)C=C(C(=O)NCCO)[C@H]21. The molecule has 10 nitrogen and oxygen atoms in total. The molecule has 3 aliphatic rings. The van der Waals surface area contributed by atoms with Crippen molar-refractivity contribution in [2.24, 2.45) is 17.8 Å². The maximum atomic E-state index is 14.2. The molecule has 0 spiro atoms. The summed E-state index contributed by atoms with van der Waals surface area (Å²) in [6, 6.07) is 11.7. The van der Waals surface area contributed by atoms with Gasteiger partial charge >= 0.3 is 0 Å². The van der Waals surface area contributed by atoms with Crippen LogP contribution in [0.3, 0.4) is 0 Å². The molecule has 0 bridgehead atoms. The number of amides is 2. The number of hydrogen-bond donors (Lipinski definition) is 3. The minimum Gasteiger partial charge on any atom is -0.493 e. The van der Waals surface area contributed by atoms with E-state index in [1.165, 1.54) is 7.11 Å². The lowest BCUT2D eigenvalue weighted by atomic mass is 9.75. The molecular formula is C36H46N2O8. The molecule has 248 valence electrons. The van der Waals surface area contributed by atoms with Gasteiger partial charge in [-0.1, -0.05) is 57.5 Å². The van der Waals surface area contributed by atoms with Crippen LogP contribution in [0.1, 0.15) is 67.4 Å². The van der Waals surface area contributed by atoms with Gasteiger partial charge in [-0.15, -0.1) is 0 Å². The van der Waals surface area contributed by atoms with Gasteiger partial charge in [0.05, 0.1) is 31.8 Å². The fourth-order valence-corrected chi connectivity index (χ4v) is 7.27. The molecule has 1 heterocycles. The highest BCUT2D eigenvalue weighted by Gasteiger charge is 2.51. The molecule has 2 aromatic rings. The van der Waals surface area contributed by atoms with Crippen LogP contribution in [0.2, 0.25) is 0 Å². The number of nitrogens with zero attached hydrogens (tertiary/aromatic N) is 1. The quantitative estimate of drug-likeness (QED) is 0.302. The van der Waals surface area contributed by atoms with E-state index in [4.69, 9.17) is 14.2 Å². The first-order valence-electron chi connectivity index (χ1n) is 16.2. The first-order valence-corrected chi connectivity index (χ1v) is 16.2. The Kier molecular flexibility index (Phi) is 10.8. The molecule has 2 aromatic carbocycles. The number of benzene rings is 2. The van der Waals surface area contributed by atoms with Crippen molar-refractivity contribution < 1.29 is 38.8 Å². The molecule has 0 saturated heterocycles. The molecule has 2 amide bonds. The minimum atomic E-state index is -1.23. The van der Waals surface area contributed by atoms with Crippen molar-refractivity contribution in [3.8, 4) is 11.5 Å². The molecular weight excluding hydrogens is 588 g/mol. The molecule has 3 N–H and O–H groups in total. The third kappa shape index (κ3) is 6.99. The topological polar surface area (TPSA) is 135 Å². The monoisotopic (exact) mass is 634 g/mol. The normalized spacial score (nSPS) is 26.8. The Balaban J connectivity index is 1.52. The first kappa shape index (κ1) is 33.6. The second-order valence-corrected chi connectivity index (χ2v) is 13.1. The highest BCUT2D eigenvalue weighted by atomic mass is 16.5. The van der Waals surface area contributed by atoms with Crippen LogP contribution >= 0.6 is 0 Å². The molecule has 0 aromatic heterocycles. The molecule has 1 saturated carbocycles. The maximum Gasteiger partial charge on any atom is 0.249 e. The Morgan fingerprint density at radius 2 is 1.93 bits per heavy atom. The summed E-state index contributed by atoms with van der Waals surface area (Å²) in [4.78, 5) is 41.1. The van der Waals surface area contributed by atoms with E-state index < -0.39 is 30.1 Å². The van der Waals surface area contributed by atoms with E-state index in [1.807, 2.05) is 30.3 Å². The molecule has 1 aliphatic heterocycles. The van der Waals surface area contributed by atoms with Gasteiger partial charge in [0.1, 0.15) is 25.1 Å². The maximum absolute atomic E-state index is 14.2. The zero-order valence-corrected chi connectivity index (χ0v) is 27.1. The van der Waals surface area contributed by atoms with E-state index in [0.29, 0.717) is 46.7 Å². The lowest BCUT2D eigenvalue weighted by Gasteiger charge is -2.41. The summed E-state index contributed by atoms with van der Waals surface area (Å²) in [7, 11) is 1.45. The van der Waals surface area contributed by atoms with Crippen LogP contribution in [0.25, 0.3) is 0 Å². The van der Waals surface area contributed by atoms with Crippen molar-refractivity contribution in [1.82, 2.24) is 10.2 Å². The second kappa shape index (κ2) is 14.8. The third-order valence-electron chi connectivity index (χ3n) is 9.67. The van der Waals surface area contributed by atoms with Crippen molar-refractivity contribution in [2.75, 3.05) is 26.9 Å². The van der Waals surface area contributed by atoms with E-state index in [1.54, 1.807) is 23.1 Å². The summed E-state index contributed by atoms with van der Waals surface area (Å²) >= 11 is 0. The number of fused-ring (bicyclic) bond motifs is 3. The van der Waals surface area contributed by atoms with Gasteiger partial charge < -0.3 is 34.6 Å². The summed E-state index contributed by atoms with van der Waals surface area (Å²) in [5.74, 6) is 0.403. The number of hydrogen-bond acceptors (Lipinski definition) is 8. The lowest BCUT2D eigenvalue weighted by Crippen LogP contribution is -2.56. The second-order valence-electron chi connectivity index (χ2n) is 13.1. The van der Waals surface area contributed by atoms with Crippen LogP contribution in [-0.4, -0.2) is 84.4 Å². The average molecular weight is 635 g/mol. The highest BCUT2D eigenvalue weighted by molar-refractivity contribution is 5.96. The van der Waals surface area contributed by atoms with Crippen LogP contribution in [0.5, 0.6) is 11.5 Å². The van der Waals surface area contributed by atoms with Crippen molar-refractivity contribution in [2.45, 2.75) is 76.9 Å². The largest absolute Gasteiger partial charge is 0.493 e. The minimum absolute atomic E-state index is 0.0174. The zero-order chi connectivity index (χ0) is 33.0. The number of aliphatic hydroxyl groups excluding tert-OH is 2. The highest BCUT2D eigenvalue weighted by Crippen LogP contribution is 2.51. The zero-order valence-electron chi connectivity index (χ0n) is 27.1. The van der Waals surface area contributed by atoms with Gasteiger partial charge in [-0.3, -0.25) is 14.4 Å². The summed E-state index contributed by atoms with van der Waals surface area (Å²) in [5, 5.41) is 24.1. The summed E-state index contributed by atoms with van der Waals surface area (Å²) in [6.07, 6.45) is 3.15. The number of aldehydes is 1. The first-order chi connectivity index (χ1) is 22.2. The summed E-state index contributed by atoms with van der Waals surface area (Å²) < 4.78 is 18.2. The number of methoxy groups -OCH3 is 1. The van der Waals surface area contributed by atoms with E-state index in [0.717, 1.165) is 24.8 Å². The van der Waals surface area contributed by atoms with E-state index in [-0.39, 0.29) is 43.9 Å². The van der Waals surface area contributed by atoms with Crippen molar-refractivity contribution in [3.63, 3.8) is 0 Å². The molecule has 2 aliphatic carbocycles. The van der Waals surface area contributed by atoms with Crippen molar-refractivity contribution in [1.29, 1.82) is 0 Å². The fourth-order valence-electron chi connectivity index (χ4n) is 7.27. The van der Waals surface area contributed by atoms with Crippen LogP contribution in [0.4, 0.5) is 0 Å². The van der Waals surface area contributed by atoms with E-state index in [9.17, 15) is 24.6 Å². The van der Waals surface area contributed by atoms with Gasteiger partial charge in [0.15, 0.2) is 11.5 Å². The number of carbonyl (C=O) groups is 3. The number of aliphatic hydroxyl groups is 2. The Morgan fingerprint density at radius 1 is 1.17 bits per heavy atom. The van der Waals surface area contributed by atoms with Crippen LogP contribution in [-0.2, 0) is 20.9 Å². The predicted molar refractivity (Wildman–Crippen MR) is 172 cm³/mol. The smallest absolute Gasteiger partial charge is 0.249 e. The van der Waals surface area contributed by atoms with Crippen molar-refractivity contribution >= 4 is 18.1 Å². The molecule has 5 rings (SSSR count). The van der Waals surface area contributed by atoms with Gasteiger partial charge in [-0.25, -0.2) is 0 Å². The number of ether oxygens (including phenoxy) is 3. The van der Waals surface area contributed by atoms with Gasteiger partial charge in [0, 0.05) is 29.8 Å². The van der Waals surface area contributed by atoms with Gasteiger partial charge in [-0.2, -0.15) is 0 Å². The summed E-state index contributed by atoms with van der Waals surface area (Å²) in [5.41, 5.74) is 1.99. The third-order valence-corrected chi connectivity index (χ3v) is 9.67. The average Bonchev–Trinajstić information content (AvgIpc) is 3.45. The van der Waals surface area contributed by atoms with Gasteiger partial charge in [-0.05, 0) is 54.4 Å². The Labute approximate surface area is 270 Å². The Bertz CT molecular complexity index is 1430. The fraction of sp³-hybridized carbons (Fsp3) is 0.528. The number of rotatable bonds is 12. The van der Waals surface area contributed by atoms with Crippen LogP contribution in [0.15, 0.2) is 54.1 Å². The number of nitrogens with one attached hydrogen (secondary N) is 1. The van der Waals surface area contributed by atoms with Gasteiger partial charge in [0.2, 0.25) is 11.8 Å². The summed E-state index contributed by atoms with van der Waals surface area (Å²) in [6.45, 7) is 6.36.